The fourth-order valence-corrected chi connectivity index (χ4v) is 4.74. The third-order valence-electron chi connectivity index (χ3n) is 3.28. The van der Waals surface area contributed by atoms with Gasteiger partial charge in [-0.25, -0.2) is 8.42 Å². The summed E-state index contributed by atoms with van der Waals surface area (Å²) in [6.07, 6.45) is 0.758. The minimum absolute atomic E-state index is 0.0627. The Kier molecular flexibility index (Phi) is 4.67. The summed E-state index contributed by atoms with van der Waals surface area (Å²) < 4.78 is 31.1. The van der Waals surface area contributed by atoms with E-state index < -0.39 is 22.0 Å². The number of benzene rings is 1. The van der Waals surface area contributed by atoms with Crippen molar-refractivity contribution in [1.29, 1.82) is 0 Å². The maximum atomic E-state index is 12.6. The molecule has 0 amide bonds. The van der Waals surface area contributed by atoms with E-state index in [9.17, 15) is 13.2 Å². The van der Waals surface area contributed by atoms with Crippen LogP contribution in [0, 0.1) is 0 Å². The molecule has 9 heteroatoms. The molecule has 0 radical (unpaired) electrons. The molecule has 0 bridgehead atoms. The molecule has 116 valence electrons. The summed E-state index contributed by atoms with van der Waals surface area (Å²) in [5, 5.41) is 9.14. The number of carbonyl (C=O) groups is 1. The highest BCUT2D eigenvalue weighted by molar-refractivity contribution is 7.89. The van der Waals surface area contributed by atoms with E-state index in [4.69, 9.17) is 33.0 Å². The third-order valence-corrected chi connectivity index (χ3v) is 5.95. The van der Waals surface area contributed by atoms with E-state index in [2.05, 4.69) is 0 Å². The molecule has 0 aliphatic carbocycles. The van der Waals surface area contributed by atoms with Crippen LogP contribution in [0.2, 0.25) is 10.0 Å². The minimum Gasteiger partial charge on any atom is -0.495 e. The zero-order valence-corrected chi connectivity index (χ0v) is 13.4. The molecule has 1 aliphatic rings. The molecule has 1 heterocycles. The second-order valence-corrected chi connectivity index (χ2v) is 7.20. The van der Waals surface area contributed by atoms with Gasteiger partial charge in [0.15, 0.2) is 0 Å². The molecule has 1 aliphatic heterocycles. The largest absolute Gasteiger partial charge is 0.495 e. The summed E-state index contributed by atoms with van der Waals surface area (Å²) >= 11 is 11.9. The van der Waals surface area contributed by atoms with Crippen LogP contribution < -0.4 is 4.74 Å². The Hall–Kier alpha value is -1.02. The van der Waals surface area contributed by atoms with Gasteiger partial charge in [0.05, 0.1) is 17.2 Å². The first-order valence-corrected chi connectivity index (χ1v) is 8.26. The fraction of sp³-hybridized carbons (Fsp3) is 0.417. The maximum absolute atomic E-state index is 12.6. The topological polar surface area (TPSA) is 83.9 Å². The third kappa shape index (κ3) is 2.96. The standard InChI is InChI=1S/C12H13Cl2NO5S/c1-20-10-5-8(14)11(6-7(10)13)21(18,19)15-4-2-3-9(15)12(16)17/h5-6,9H,2-4H2,1H3,(H,16,17)/t9-/m1/s1. The average molecular weight is 354 g/mol. The molecular formula is C12H13Cl2NO5S. The van der Waals surface area contributed by atoms with Crippen LogP contribution in [0.1, 0.15) is 12.8 Å². The molecule has 0 saturated carbocycles. The van der Waals surface area contributed by atoms with Gasteiger partial charge in [0, 0.05) is 12.6 Å². The number of sulfonamides is 1. The van der Waals surface area contributed by atoms with E-state index in [-0.39, 0.29) is 33.7 Å². The first-order valence-electron chi connectivity index (χ1n) is 6.06. The summed E-state index contributed by atoms with van der Waals surface area (Å²) in [6, 6.07) is 1.39. The highest BCUT2D eigenvalue weighted by Crippen LogP contribution is 2.36. The maximum Gasteiger partial charge on any atom is 0.322 e. The van der Waals surface area contributed by atoms with Gasteiger partial charge >= 0.3 is 5.97 Å². The second-order valence-electron chi connectivity index (χ2n) is 4.53. The lowest BCUT2D eigenvalue weighted by atomic mass is 10.2. The molecule has 1 aromatic carbocycles. The van der Waals surface area contributed by atoms with Crippen LogP contribution in [-0.4, -0.2) is 43.5 Å². The van der Waals surface area contributed by atoms with Gasteiger partial charge in [-0.05, 0) is 18.9 Å². The molecule has 0 unspecified atom stereocenters. The van der Waals surface area contributed by atoms with Crippen LogP contribution >= 0.6 is 23.2 Å². The minimum atomic E-state index is -4.03. The fourth-order valence-electron chi connectivity index (χ4n) is 2.27. The predicted octanol–water partition coefficient (Wildman–Crippen LogP) is 2.24. The Balaban J connectivity index is 2.49. The monoisotopic (exact) mass is 353 g/mol. The number of hydrogen-bond acceptors (Lipinski definition) is 4. The number of ether oxygens (including phenoxy) is 1. The Morgan fingerprint density at radius 3 is 2.62 bits per heavy atom. The second kappa shape index (κ2) is 6.00. The van der Waals surface area contributed by atoms with Crippen molar-refractivity contribution in [3.05, 3.63) is 22.2 Å². The number of carboxylic acids is 1. The molecule has 1 aromatic rings. The van der Waals surface area contributed by atoms with Crippen LogP contribution in [0.15, 0.2) is 17.0 Å². The van der Waals surface area contributed by atoms with Crippen LogP contribution in [0.3, 0.4) is 0 Å². The Bertz CT molecular complexity index is 676. The Morgan fingerprint density at radius 2 is 2.05 bits per heavy atom. The number of methoxy groups -OCH3 is 1. The van der Waals surface area contributed by atoms with Gasteiger partial charge in [0.2, 0.25) is 10.0 Å². The SMILES string of the molecule is COc1cc(Cl)c(S(=O)(=O)N2CCC[C@@H]2C(=O)O)cc1Cl. The van der Waals surface area contributed by atoms with E-state index >= 15 is 0 Å². The van der Waals surface area contributed by atoms with E-state index in [0.29, 0.717) is 6.42 Å². The molecule has 21 heavy (non-hydrogen) atoms. The Morgan fingerprint density at radius 1 is 1.38 bits per heavy atom. The van der Waals surface area contributed by atoms with Crippen molar-refractivity contribution in [2.24, 2.45) is 0 Å². The first kappa shape index (κ1) is 16.4. The van der Waals surface area contributed by atoms with E-state index in [1.807, 2.05) is 0 Å². The van der Waals surface area contributed by atoms with Gasteiger partial charge in [0.25, 0.3) is 0 Å². The number of nitrogens with zero attached hydrogens (tertiary/aromatic N) is 1. The lowest BCUT2D eigenvalue weighted by molar-refractivity contribution is -0.140. The summed E-state index contributed by atoms with van der Waals surface area (Å²) in [5.41, 5.74) is 0. The van der Waals surface area contributed by atoms with Crippen LogP contribution in [0.4, 0.5) is 0 Å². The molecule has 2 rings (SSSR count). The van der Waals surface area contributed by atoms with Crippen molar-refractivity contribution in [3.8, 4) is 5.75 Å². The summed E-state index contributed by atoms with van der Waals surface area (Å²) in [5.74, 6) is -0.927. The molecular weight excluding hydrogens is 341 g/mol. The highest BCUT2D eigenvalue weighted by Gasteiger charge is 2.40. The number of carboxylic acid groups (broad SMARTS) is 1. The lowest BCUT2D eigenvalue weighted by Crippen LogP contribution is -2.40. The van der Waals surface area contributed by atoms with Crippen molar-refractivity contribution in [2.75, 3.05) is 13.7 Å². The quantitative estimate of drug-likeness (QED) is 0.897. The van der Waals surface area contributed by atoms with Gasteiger partial charge in [0.1, 0.15) is 16.7 Å². The first-order chi connectivity index (χ1) is 9.78. The highest BCUT2D eigenvalue weighted by atomic mass is 35.5. The van der Waals surface area contributed by atoms with E-state index in [1.54, 1.807) is 0 Å². The van der Waals surface area contributed by atoms with Crippen molar-refractivity contribution in [1.82, 2.24) is 4.31 Å². The number of aliphatic carboxylic acids is 1. The van der Waals surface area contributed by atoms with Crippen LogP contribution in [0.25, 0.3) is 0 Å². The van der Waals surface area contributed by atoms with Gasteiger partial charge in [-0.1, -0.05) is 23.2 Å². The van der Waals surface area contributed by atoms with Crippen molar-refractivity contribution >= 4 is 39.2 Å². The van der Waals surface area contributed by atoms with E-state index in [1.165, 1.54) is 19.2 Å². The number of halogens is 2. The van der Waals surface area contributed by atoms with Crippen molar-refractivity contribution < 1.29 is 23.1 Å². The Labute approximate surface area is 132 Å². The summed E-state index contributed by atoms with van der Waals surface area (Å²) in [6.45, 7) is 0.138. The van der Waals surface area contributed by atoms with Gasteiger partial charge in [-0.15, -0.1) is 0 Å². The normalized spacial score (nSPS) is 19.7. The average Bonchev–Trinajstić information content (AvgIpc) is 2.91. The molecule has 6 nitrogen and oxygen atoms in total. The zero-order valence-electron chi connectivity index (χ0n) is 11.0. The number of hydrogen-bond donors (Lipinski definition) is 1. The lowest BCUT2D eigenvalue weighted by Gasteiger charge is -2.22. The molecule has 0 aromatic heterocycles. The van der Waals surface area contributed by atoms with Crippen molar-refractivity contribution in [2.45, 2.75) is 23.8 Å². The molecule has 1 fully saturated rings. The van der Waals surface area contributed by atoms with Crippen molar-refractivity contribution in [3.63, 3.8) is 0 Å². The summed E-state index contributed by atoms with van der Waals surface area (Å²) in [7, 11) is -2.65. The molecule has 1 saturated heterocycles. The molecule has 1 atom stereocenters. The van der Waals surface area contributed by atoms with Gasteiger partial charge in [-0.2, -0.15) is 4.31 Å². The van der Waals surface area contributed by atoms with Crippen LogP contribution in [-0.2, 0) is 14.8 Å². The smallest absolute Gasteiger partial charge is 0.322 e. The zero-order chi connectivity index (χ0) is 15.8. The summed E-state index contributed by atoms with van der Waals surface area (Å²) in [4.78, 5) is 10.9. The van der Waals surface area contributed by atoms with Gasteiger partial charge in [-0.3, -0.25) is 4.79 Å². The molecule has 1 N–H and O–H groups in total. The van der Waals surface area contributed by atoms with E-state index in [0.717, 1.165) is 4.31 Å². The van der Waals surface area contributed by atoms with Crippen LogP contribution in [0.5, 0.6) is 5.75 Å². The van der Waals surface area contributed by atoms with Gasteiger partial charge < -0.3 is 9.84 Å². The molecule has 0 spiro atoms. The number of rotatable bonds is 4. The predicted molar refractivity (Wildman–Crippen MR) is 77.6 cm³/mol.